The van der Waals surface area contributed by atoms with Gasteiger partial charge < -0.3 is 9.64 Å². The van der Waals surface area contributed by atoms with Crippen LogP contribution < -0.4 is 4.74 Å². The van der Waals surface area contributed by atoms with Crippen LogP contribution in [0.2, 0.25) is 0 Å². The molecule has 0 fully saturated rings. The molecule has 0 aliphatic carbocycles. The van der Waals surface area contributed by atoms with Gasteiger partial charge >= 0.3 is 12.4 Å². The third-order valence-corrected chi connectivity index (χ3v) is 6.10. The second kappa shape index (κ2) is 8.50. The molecule has 1 aliphatic heterocycles. The molecule has 1 aliphatic rings. The molecule has 1 unspecified atom stereocenters. The summed E-state index contributed by atoms with van der Waals surface area (Å²) >= 11 is 0. The monoisotopic (exact) mass is 496 g/mol. The number of aromatic nitrogens is 1. The number of sulfone groups is 1. The third kappa shape index (κ3) is 5.40. The number of nitrogens with zero attached hydrogens (tertiary/aromatic N) is 2. The fourth-order valence-corrected chi connectivity index (χ4v) is 3.92. The summed E-state index contributed by atoms with van der Waals surface area (Å²) in [6.45, 7) is 0.737. The standard InChI is InChI=1S/C20H18F6N2O4S/c1-3-17(20(24,25)26)32-16-5-4-13(33(2,30)31)7-14(16)18(29)28-9-11-6-12(19(21,22)23)8-27-15(11)10-28/h4-8,17H,3,9-10H2,1-2H3. The van der Waals surface area contributed by atoms with Crippen LogP contribution in [-0.4, -0.2) is 42.7 Å². The topological polar surface area (TPSA) is 76.6 Å². The SMILES string of the molecule is CCC(Oc1ccc(S(C)(=O)=O)cc1C(=O)N1Cc2cc(C(F)(F)F)cnc2C1)C(F)(F)F. The summed E-state index contributed by atoms with van der Waals surface area (Å²) in [4.78, 5) is 17.6. The molecule has 6 nitrogen and oxygen atoms in total. The van der Waals surface area contributed by atoms with Crippen molar-refractivity contribution in [3.8, 4) is 5.75 Å². The highest BCUT2D eigenvalue weighted by Gasteiger charge is 2.41. The van der Waals surface area contributed by atoms with Gasteiger partial charge in [-0.3, -0.25) is 9.78 Å². The molecule has 1 aromatic heterocycles. The first-order chi connectivity index (χ1) is 15.1. The maximum absolute atomic E-state index is 13.2. The van der Waals surface area contributed by atoms with Crippen LogP contribution in [0.3, 0.4) is 0 Å². The average molecular weight is 496 g/mol. The zero-order valence-corrected chi connectivity index (χ0v) is 18.1. The predicted octanol–water partition coefficient (Wildman–Crippen LogP) is 4.38. The van der Waals surface area contributed by atoms with Gasteiger partial charge in [0.25, 0.3) is 5.91 Å². The van der Waals surface area contributed by atoms with Crippen LogP contribution in [0.15, 0.2) is 35.4 Å². The number of ether oxygens (including phenoxy) is 1. The molecular weight excluding hydrogens is 478 g/mol. The first kappa shape index (κ1) is 24.8. The highest BCUT2D eigenvalue weighted by molar-refractivity contribution is 7.90. The van der Waals surface area contributed by atoms with Crippen molar-refractivity contribution in [3.05, 3.63) is 52.8 Å². The van der Waals surface area contributed by atoms with E-state index in [1.807, 2.05) is 0 Å². The largest absolute Gasteiger partial charge is 0.480 e. The van der Waals surface area contributed by atoms with Gasteiger partial charge in [-0.1, -0.05) is 6.92 Å². The van der Waals surface area contributed by atoms with Crippen molar-refractivity contribution in [2.75, 3.05) is 6.26 Å². The van der Waals surface area contributed by atoms with Gasteiger partial charge in [0.2, 0.25) is 0 Å². The third-order valence-electron chi connectivity index (χ3n) is 4.99. The molecule has 0 spiro atoms. The van der Waals surface area contributed by atoms with Crippen LogP contribution in [0.1, 0.15) is 40.5 Å². The van der Waals surface area contributed by atoms with E-state index in [2.05, 4.69) is 4.98 Å². The molecule has 0 saturated heterocycles. The molecule has 0 N–H and O–H groups in total. The van der Waals surface area contributed by atoms with Gasteiger partial charge in [-0.15, -0.1) is 0 Å². The summed E-state index contributed by atoms with van der Waals surface area (Å²) in [5.41, 5.74) is -1.14. The quantitative estimate of drug-likeness (QED) is 0.575. The number of benzene rings is 1. The average Bonchev–Trinajstić information content (AvgIpc) is 3.12. The molecule has 180 valence electrons. The smallest absolute Gasteiger partial charge is 0.425 e. The molecule has 1 atom stereocenters. The molecule has 3 rings (SSSR count). The summed E-state index contributed by atoms with van der Waals surface area (Å²) in [6, 6.07) is 3.71. The number of carbonyl (C=O) groups excluding carboxylic acids is 1. The zero-order valence-electron chi connectivity index (χ0n) is 17.3. The molecule has 1 amide bonds. The van der Waals surface area contributed by atoms with E-state index in [1.165, 1.54) is 6.92 Å². The van der Waals surface area contributed by atoms with E-state index in [0.29, 0.717) is 6.20 Å². The molecule has 2 heterocycles. The van der Waals surface area contributed by atoms with Crippen molar-refractivity contribution in [2.45, 2.75) is 49.8 Å². The summed E-state index contributed by atoms with van der Waals surface area (Å²) < 4.78 is 107. The fourth-order valence-electron chi connectivity index (χ4n) is 3.27. The van der Waals surface area contributed by atoms with Crippen LogP contribution in [0.4, 0.5) is 26.3 Å². The molecule has 0 radical (unpaired) electrons. The number of fused-ring (bicyclic) bond motifs is 1. The molecule has 0 saturated carbocycles. The van der Waals surface area contributed by atoms with Gasteiger partial charge in [-0.25, -0.2) is 8.42 Å². The number of pyridine rings is 1. The first-order valence-electron chi connectivity index (χ1n) is 9.53. The highest BCUT2D eigenvalue weighted by Crippen LogP contribution is 2.35. The Morgan fingerprint density at radius 2 is 1.82 bits per heavy atom. The Balaban J connectivity index is 1.98. The highest BCUT2D eigenvalue weighted by atomic mass is 32.2. The lowest BCUT2D eigenvalue weighted by Gasteiger charge is -2.23. The Hall–Kier alpha value is -2.83. The molecule has 0 bridgehead atoms. The zero-order chi connectivity index (χ0) is 24.8. The van der Waals surface area contributed by atoms with Gasteiger partial charge in [-0.2, -0.15) is 26.3 Å². The van der Waals surface area contributed by atoms with Crippen LogP contribution in [0, 0.1) is 0 Å². The van der Waals surface area contributed by atoms with Gasteiger partial charge in [-0.05, 0) is 36.2 Å². The number of hydrogen-bond donors (Lipinski definition) is 0. The van der Waals surface area contributed by atoms with Gasteiger partial charge in [0.15, 0.2) is 15.9 Å². The lowest BCUT2D eigenvalue weighted by atomic mass is 10.1. The van der Waals surface area contributed by atoms with Crippen LogP contribution in [0.5, 0.6) is 5.75 Å². The number of hydrogen-bond acceptors (Lipinski definition) is 5. The van der Waals surface area contributed by atoms with Gasteiger partial charge in [0.05, 0.1) is 28.3 Å². The maximum Gasteiger partial charge on any atom is 0.425 e. The Morgan fingerprint density at radius 3 is 2.36 bits per heavy atom. The van der Waals surface area contributed by atoms with Crippen molar-refractivity contribution in [2.24, 2.45) is 0 Å². The van der Waals surface area contributed by atoms with E-state index in [0.717, 1.165) is 35.4 Å². The lowest BCUT2D eigenvalue weighted by Crippen LogP contribution is -2.34. The predicted molar refractivity (Wildman–Crippen MR) is 103 cm³/mol. The van der Waals surface area contributed by atoms with Crippen molar-refractivity contribution in [1.82, 2.24) is 9.88 Å². The Morgan fingerprint density at radius 1 is 1.15 bits per heavy atom. The second-order valence-electron chi connectivity index (χ2n) is 7.48. The van der Waals surface area contributed by atoms with E-state index in [-0.39, 0.29) is 29.2 Å². The van der Waals surface area contributed by atoms with Crippen molar-refractivity contribution >= 4 is 15.7 Å². The Kier molecular flexibility index (Phi) is 6.39. The van der Waals surface area contributed by atoms with Crippen LogP contribution in [0.25, 0.3) is 0 Å². The number of halogens is 6. The maximum atomic E-state index is 13.2. The Labute approximate surface area is 185 Å². The van der Waals surface area contributed by atoms with Crippen LogP contribution >= 0.6 is 0 Å². The Bertz CT molecular complexity index is 1180. The molecule has 2 aromatic rings. The van der Waals surface area contributed by atoms with E-state index in [9.17, 15) is 39.6 Å². The number of amides is 1. The first-order valence-corrected chi connectivity index (χ1v) is 11.4. The van der Waals surface area contributed by atoms with Crippen molar-refractivity contribution in [1.29, 1.82) is 0 Å². The van der Waals surface area contributed by atoms with Crippen molar-refractivity contribution < 1.29 is 44.3 Å². The minimum absolute atomic E-state index is 0.127. The van der Waals surface area contributed by atoms with Crippen molar-refractivity contribution in [3.63, 3.8) is 0 Å². The summed E-state index contributed by atoms with van der Waals surface area (Å²) in [5, 5.41) is 0. The number of carbonyl (C=O) groups is 1. The lowest BCUT2D eigenvalue weighted by molar-refractivity contribution is -0.195. The second-order valence-corrected chi connectivity index (χ2v) is 9.49. The van der Waals surface area contributed by atoms with Gasteiger partial charge in [0.1, 0.15) is 5.75 Å². The molecular formula is C20H18F6N2O4S. The van der Waals surface area contributed by atoms with E-state index < -0.39 is 57.5 Å². The number of rotatable bonds is 5. The summed E-state index contributed by atoms with van der Waals surface area (Å²) in [5.74, 6) is -1.39. The fraction of sp³-hybridized carbons (Fsp3) is 0.400. The normalized spacial score (nSPS) is 15.3. The molecule has 13 heteroatoms. The van der Waals surface area contributed by atoms with Crippen LogP contribution in [-0.2, 0) is 29.1 Å². The van der Waals surface area contributed by atoms with E-state index in [4.69, 9.17) is 4.74 Å². The summed E-state index contributed by atoms with van der Waals surface area (Å²) in [7, 11) is -3.82. The number of alkyl halides is 6. The van der Waals surface area contributed by atoms with E-state index >= 15 is 0 Å². The molecule has 1 aromatic carbocycles. The minimum Gasteiger partial charge on any atom is -0.480 e. The summed E-state index contributed by atoms with van der Waals surface area (Å²) in [6.07, 6.45) is -10.6. The van der Waals surface area contributed by atoms with Gasteiger partial charge in [0, 0.05) is 19.0 Å². The van der Waals surface area contributed by atoms with E-state index in [1.54, 1.807) is 0 Å². The molecule has 33 heavy (non-hydrogen) atoms. The minimum atomic E-state index is -4.74.